The summed E-state index contributed by atoms with van der Waals surface area (Å²) < 4.78 is 0. The van der Waals surface area contributed by atoms with E-state index in [1.165, 1.54) is 0 Å². The topological polar surface area (TPSA) is 58.4 Å². The zero-order chi connectivity index (χ0) is 16.2. The van der Waals surface area contributed by atoms with E-state index in [1.807, 2.05) is 7.05 Å². The lowest BCUT2D eigenvalue weighted by Gasteiger charge is -2.26. The van der Waals surface area contributed by atoms with Gasteiger partial charge in [0.1, 0.15) is 0 Å². The lowest BCUT2D eigenvalue weighted by atomic mass is 9.96. The van der Waals surface area contributed by atoms with Gasteiger partial charge in [-0.05, 0) is 24.6 Å². The van der Waals surface area contributed by atoms with Crippen LogP contribution in [-0.4, -0.2) is 30.9 Å². The van der Waals surface area contributed by atoms with Crippen LogP contribution in [0.1, 0.15) is 27.2 Å². The molecule has 4 nitrogen and oxygen atoms in total. The van der Waals surface area contributed by atoms with E-state index in [1.54, 1.807) is 12.1 Å². The molecule has 1 amide bonds. The van der Waals surface area contributed by atoms with E-state index >= 15 is 0 Å². The summed E-state index contributed by atoms with van der Waals surface area (Å²) in [6.45, 7) is 8.09. The summed E-state index contributed by atoms with van der Waals surface area (Å²) in [5.74, 6) is -0.119. The first-order valence-electron chi connectivity index (χ1n) is 6.81. The third-order valence-corrected chi connectivity index (χ3v) is 3.33. The lowest BCUT2D eigenvalue weighted by Crippen LogP contribution is -2.32. The Morgan fingerprint density at radius 1 is 1.33 bits per heavy atom. The number of halogens is 2. The predicted octanol–water partition coefficient (Wildman–Crippen LogP) is 3.88. The number of nitrogens with one attached hydrogen (secondary N) is 1. The molecule has 3 N–H and O–H groups in total. The zero-order valence-electron chi connectivity index (χ0n) is 13.0. The van der Waals surface area contributed by atoms with E-state index < -0.39 is 0 Å². The molecule has 0 saturated heterocycles. The largest absolute Gasteiger partial charge is 0.397 e. The van der Waals surface area contributed by atoms with Crippen LogP contribution < -0.4 is 11.1 Å². The molecular formula is C15H23Cl2N3O. The Bertz CT molecular complexity index is 489. The Labute approximate surface area is 136 Å². The molecule has 0 heterocycles. The Kier molecular flexibility index (Phi) is 6.32. The van der Waals surface area contributed by atoms with Crippen LogP contribution in [0.2, 0.25) is 10.0 Å². The number of amides is 1. The predicted molar refractivity (Wildman–Crippen MR) is 91.1 cm³/mol. The van der Waals surface area contributed by atoms with Crippen molar-refractivity contribution in [3.8, 4) is 0 Å². The SMILES string of the molecule is CN(CCC(=O)Nc1c(N)cc(Cl)cc1Cl)CC(C)(C)C. The summed E-state index contributed by atoms with van der Waals surface area (Å²) in [7, 11) is 2.00. The molecule has 0 bridgehead atoms. The second kappa shape index (κ2) is 7.34. The number of nitrogen functional groups attached to an aromatic ring is 1. The van der Waals surface area contributed by atoms with E-state index in [2.05, 4.69) is 31.0 Å². The molecule has 0 aliphatic rings. The number of nitrogens with zero attached hydrogens (tertiary/aromatic N) is 1. The molecule has 0 radical (unpaired) electrons. The van der Waals surface area contributed by atoms with Gasteiger partial charge in [-0.25, -0.2) is 0 Å². The zero-order valence-corrected chi connectivity index (χ0v) is 14.5. The summed E-state index contributed by atoms with van der Waals surface area (Å²) in [4.78, 5) is 14.1. The van der Waals surface area contributed by atoms with E-state index in [0.29, 0.717) is 34.4 Å². The summed E-state index contributed by atoms with van der Waals surface area (Å²) in [6, 6.07) is 3.12. The molecule has 21 heavy (non-hydrogen) atoms. The molecule has 1 aromatic carbocycles. The van der Waals surface area contributed by atoms with Gasteiger partial charge in [0, 0.05) is 24.5 Å². The molecule has 0 spiro atoms. The van der Waals surface area contributed by atoms with Crippen molar-refractivity contribution in [2.75, 3.05) is 31.2 Å². The molecule has 0 aromatic heterocycles. The van der Waals surface area contributed by atoms with Crippen molar-refractivity contribution < 1.29 is 4.79 Å². The van der Waals surface area contributed by atoms with Crippen molar-refractivity contribution >= 4 is 40.5 Å². The van der Waals surface area contributed by atoms with Crippen molar-refractivity contribution in [3.05, 3.63) is 22.2 Å². The van der Waals surface area contributed by atoms with Crippen LogP contribution in [0.25, 0.3) is 0 Å². The highest BCUT2D eigenvalue weighted by Crippen LogP contribution is 2.32. The van der Waals surface area contributed by atoms with Gasteiger partial charge in [-0.3, -0.25) is 4.79 Å². The number of benzene rings is 1. The quantitative estimate of drug-likeness (QED) is 0.805. The molecule has 0 aliphatic carbocycles. The molecule has 0 saturated carbocycles. The Hall–Kier alpha value is -0.970. The third kappa shape index (κ3) is 6.55. The fourth-order valence-electron chi connectivity index (χ4n) is 2.11. The highest BCUT2D eigenvalue weighted by Gasteiger charge is 2.15. The second-order valence-electron chi connectivity index (χ2n) is 6.45. The van der Waals surface area contributed by atoms with E-state index in [9.17, 15) is 4.79 Å². The third-order valence-electron chi connectivity index (χ3n) is 2.81. The van der Waals surface area contributed by atoms with Gasteiger partial charge in [0.2, 0.25) is 5.91 Å². The average Bonchev–Trinajstić information content (AvgIpc) is 2.29. The van der Waals surface area contributed by atoms with Crippen LogP contribution >= 0.6 is 23.2 Å². The molecular weight excluding hydrogens is 309 g/mol. The normalized spacial score (nSPS) is 11.8. The van der Waals surface area contributed by atoms with Crippen molar-refractivity contribution in [2.24, 2.45) is 5.41 Å². The standard InChI is InChI=1S/C15H23Cl2N3O/c1-15(2,3)9-20(4)6-5-13(21)19-14-11(17)7-10(16)8-12(14)18/h7-8H,5-6,9,18H2,1-4H3,(H,19,21). The Morgan fingerprint density at radius 2 is 1.95 bits per heavy atom. The van der Waals surface area contributed by atoms with Crippen LogP contribution in [-0.2, 0) is 4.79 Å². The number of hydrogen-bond donors (Lipinski definition) is 2. The molecule has 118 valence electrons. The summed E-state index contributed by atoms with van der Waals surface area (Å²) in [6.07, 6.45) is 0.380. The average molecular weight is 332 g/mol. The fraction of sp³-hybridized carbons (Fsp3) is 0.533. The molecule has 1 aromatic rings. The molecule has 0 unspecified atom stereocenters. The Balaban J connectivity index is 2.55. The number of carbonyl (C=O) groups excluding carboxylic acids is 1. The number of nitrogens with two attached hydrogens (primary N) is 1. The highest BCUT2D eigenvalue weighted by molar-refractivity contribution is 6.37. The summed E-state index contributed by atoms with van der Waals surface area (Å²) in [5.41, 5.74) is 6.80. The highest BCUT2D eigenvalue weighted by atomic mass is 35.5. The van der Waals surface area contributed by atoms with Gasteiger partial charge in [-0.2, -0.15) is 0 Å². The smallest absolute Gasteiger partial charge is 0.225 e. The molecule has 0 aliphatic heterocycles. The van der Waals surface area contributed by atoms with E-state index in [0.717, 1.165) is 6.54 Å². The minimum Gasteiger partial charge on any atom is -0.397 e. The van der Waals surface area contributed by atoms with Crippen molar-refractivity contribution in [1.29, 1.82) is 0 Å². The maximum Gasteiger partial charge on any atom is 0.225 e. The van der Waals surface area contributed by atoms with Gasteiger partial charge in [-0.15, -0.1) is 0 Å². The van der Waals surface area contributed by atoms with Crippen LogP contribution in [0.5, 0.6) is 0 Å². The van der Waals surface area contributed by atoms with Crippen molar-refractivity contribution in [3.63, 3.8) is 0 Å². The fourth-order valence-corrected chi connectivity index (χ4v) is 2.66. The number of carbonyl (C=O) groups is 1. The van der Waals surface area contributed by atoms with Crippen LogP contribution in [0.4, 0.5) is 11.4 Å². The summed E-state index contributed by atoms with van der Waals surface area (Å²) in [5, 5.41) is 3.53. The van der Waals surface area contributed by atoms with Gasteiger partial charge in [0.15, 0.2) is 0 Å². The number of anilines is 2. The maximum absolute atomic E-state index is 12.0. The molecule has 0 fully saturated rings. The number of rotatable bonds is 5. The minimum atomic E-state index is -0.119. The molecule has 1 rings (SSSR count). The first-order chi connectivity index (χ1) is 9.58. The minimum absolute atomic E-state index is 0.119. The summed E-state index contributed by atoms with van der Waals surface area (Å²) >= 11 is 11.9. The van der Waals surface area contributed by atoms with Gasteiger partial charge in [-0.1, -0.05) is 44.0 Å². The maximum atomic E-state index is 12.0. The first-order valence-corrected chi connectivity index (χ1v) is 7.57. The number of hydrogen-bond acceptors (Lipinski definition) is 3. The molecule has 6 heteroatoms. The van der Waals surface area contributed by atoms with Crippen LogP contribution in [0, 0.1) is 5.41 Å². The van der Waals surface area contributed by atoms with Crippen LogP contribution in [0.15, 0.2) is 12.1 Å². The van der Waals surface area contributed by atoms with Gasteiger partial charge in [0.25, 0.3) is 0 Å². The van der Waals surface area contributed by atoms with Gasteiger partial charge < -0.3 is 16.0 Å². The van der Waals surface area contributed by atoms with Crippen molar-refractivity contribution in [1.82, 2.24) is 4.90 Å². The van der Waals surface area contributed by atoms with Crippen LogP contribution in [0.3, 0.4) is 0 Å². The van der Waals surface area contributed by atoms with Gasteiger partial charge in [0.05, 0.1) is 16.4 Å². The van der Waals surface area contributed by atoms with Crippen molar-refractivity contribution in [2.45, 2.75) is 27.2 Å². The lowest BCUT2D eigenvalue weighted by molar-refractivity contribution is -0.116. The van der Waals surface area contributed by atoms with E-state index in [-0.39, 0.29) is 11.3 Å². The molecule has 0 atom stereocenters. The monoisotopic (exact) mass is 331 g/mol. The Morgan fingerprint density at radius 3 is 2.48 bits per heavy atom. The van der Waals surface area contributed by atoms with Gasteiger partial charge >= 0.3 is 0 Å². The first kappa shape index (κ1) is 18.1. The second-order valence-corrected chi connectivity index (χ2v) is 7.29. The van der Waals surface area contributed by atoms with E-state index in [4.69, 9.17) is 28.9 Å².